The standard InChI is InChI=1S/C13H16N4O4/c1-4-5-10-14-11(21-15-10)7-17-6-9(8(2)18)12(19)16(3)13(17)20/h6H,4-5,7H2,1-3H3. The van der Waals surface area contributed by atoms with Crippen molar-refractivity contribution in [1.82, 2.24) is 19.3 Å². The summed E-state index contributed by atoms with van der Waals surface area (Å²) >= 11 is 0. The van der Waals surface area contributed by atoms with Crippen molar-refractivity contribution in [3.63, 3.8) is 0 Å². The van der Waals surface area contributed by atoms with Gasteiger partial charge < -0.3 is 4.52 Å². The van der Waals surface area contributed by atoms with Gasteiger partial charge in [-0.05, 0) is 13.3 Å². The Morgan fingerprint density at radius 2 is 2.10 bits per heavy atom. The Balaban J connectivity index is 2.41. The molecule has 0 fully saturated rings. The minimum Gasteiger partial charge on any atom is -0.337 e. The van der Waals surface area contributed by atoms with Crippen molar-refractivity contribution in [3.05, 3.63) is 44.3 Å². The highest BCUT2D eigenvalue weighted by Crippen LogP contribution is 2.02. The summed E-state index contributed by atoms with van der Waals surface area (Å²) in [6.45, 7) is 3.29. The summed E-state index contributed by atoms with van der Waals surface area (Å²) in [5, 5.41) is 3.79. The first-order chi connectivity index (χ1) is 9.93. The van der Waals surface area contributed by atoms with Crippen LogP contribution in [-0.2, 0) is 20.0 Å². The van der Waals surface area contributed by atoms with Gasteiger partial charge in [0.25, 0.3) is 5.56 Å². The fraction of sp³-hybridized carbons (Fsp3) is 0.462. The Labute approximate surface area is 120 Å². The topological polar surface area (TPSA) is 100.0 Å². The van der Waals surface area contributed by atoms with E-state index in [0.29, 0.717) is 12.2 Å². The lowest BCUT2D eigenvalue weighted by Gasteiger charge is -2.06. The van der Waals surface area contributed by atoms with Crippen LogP contribution in [0.4, 0.5) is 0 Å². The normalized spacial score (nSPS) is 10.8. The van der Waals surface area contributed by atoms with E-state index in [4.69, 9.17) is 4.52 Å². The lowest BCUT2D eigenvalue weighted by molar-refractivity contribution is 0.101. The molecule has 0 atom stereocenters. The third-order valence-electron chi connectivity index (χ3n) is 3.02. The van der Waals surface area contributed by atoms with E-state index < -0.39 is 17.0 Å². The molecule has 0 N–H and O–H groups in total. The first-order valence-corrected chi connectivity index (χ1v) is 6.57. The van der Waals surface area contributed by atoms with Crippen LogP contribution in [0.1, 0.15) is 42.3 Å². The predicted molar refractivity (Wildman–Crippen MR) is 73.3 cm³/mol. The van der Waals surface area contributed by atoms with Crippen molar-refractivity contribution in [2.75, 3.05) is 0 Å². The molecule has 0 spiro atoms. The van der Waals surface area contributed by atoms with E-state index in [1.165, 1.54) is 24.7 Å². The largest absolute Gasteiger partial charge is 0.337 e. The van der Waals surface area contributed by atoms with Gasteiger partial charge >= 0.3 is 5.69 Å². The van der Waals surface area contributed by atoms with E-state index in [1.54, 1.807) is 0 Å². The summed E-state index contributed by atoms with van der Waals surface area (Å²) in [6.07, 6.45) is 2.80. The molecule has 0 aliphatic rings. The molecule has 0 saturated carbocycles. The molecule has 2 rings (SSSR count). The Morgan fingerprint density at radius 1 is 1.38 bits per heavy atom. The van der Waals surface area contributed by atoms with E-state index in [9.17, 15) is 14.4 Å². The van der Waals surface area contributed by atoms with E-state index in [0.717, 1.165) is 11.0 Å². The van der Waals surface area contributed by atoms with Crippen LogP contribution in [0.15, 0.2) is 20.3 Å². The fourth-order valence-corrected chi connectivity index (χ4v) is 1.91. The molecule has 2 aromatic rings. The number of rotatable bonds is 5. The zero-order valence-electron chi connectivity index (χ0n) is 12.1. The molecule has 0 amide bonds. The van der Waals surface area contributed by atoms with Gasteiger partial charge in [0.15, 0.2) is 11.6 Å². The molecule has 112 valence electrons. The van der Waals surface area contributed by atoms with Crippen LogP contribution in [0.25, 0.3) is 0 Å². The lowest BCUT2D eigenvalue weighted by atomic mass is 10.2. The third-order valence-corrected chi connectivity index (χ3v) is 3.02. The number of aromatic nitrogens is 4. The van der Waals surface area contributed by atoms with E-state index in [2.05, 4.69) is 10.1 Å². The number of hydrogen-bond donors (Lipinski definition) is 0. The van der Waals surface area contributed by atoms with Gasteiger partial charge in [-0.3, -0.25) is 18.7 Å². The van der Waals surface area contributed by atoms with Crippen molar-refractivity contribution in [2.24, 2.45) is 7.05 Å². The van der Waals surface area contributed by atoms with Crippen molar-refractivity contribution < 1.29 is 9.32 Å². The highest BCUT2D eigenvalue weighted by molar-refractivity contribution is 5.93. The fourth-order valence-electron chi connectivity index (χ4n) is 1.91. The second-order valence-electron chi connectivity index (χ2n) is 4.73. The zero-order valence-corrected chi connectivity index (χ0v) is 12.1. The Hall–Kier alpha value is -2.51. The minimum atomic E-state index is -0.610. The van der Waals surface area contributed by atoms with Crippen LogP contribution in [0.5, 0.6) is 0 Å². The summed E-state index contributed by atoms with van der Waals surface area (Å²) in [4.78, 5) is 39.4. The maximum Gasteiger partial charge on any atom is 0.331 e. The average molecular weight is 292 g/mol. The van der Waals surface area contributed by atoms with Gasteiger partial charge in [0.1, 0.15) is 6.54 Å². The van der Waals surface area contributed by atoms with Crippen LogP contribution >= 0.6 is 0 Å². The first-order valence-electron chi connectivity index (χ1n) is 6.57. The molecule has 2 aromatic heterocycles. The number of carbonyl (C=O) groups is 1. The van der Waals surface area contributed by atoms with Crippen molar-refractivity contribution in [1.29, 1.82) is 0 Å². The van der Waals surface area contributed by atoms with Crippen molar-refractivity contribution in [2.45, 2.75) is 33.2 Å². The van der Waals surface area contributed by atoms with Crippen LogP contribution in [-0.4, -0.2) is 25.1 Å². The molecule has 0 saturated heterocycles. The molecule has 21 heavy (non-hydrogen) atoms. The van der Waals surface area contributed by atoms with Crippen molar-refractivity contribution >= 4 is 5.78 Å². The summed E-state index contributed by atoms with van der Waals surface area (Å²) < 4.78 is 7.15. The summed E-state index contributed by atoms with van der Waals surface area (Å²) in [5.41, 5.74) is -1.20. The highest BCUT2D eigenvalue weighted by atomic mass is 16.5. The molecule has 8 nitrogen and oxygen atoms in total. The number of aryl methyl sites for hydroxylation is 1. The molecular weight excluding hydrogens is 276 g/mol. The first kappa shape index (κ1) is 14.9. The molecule has 0 aliphatic heterocycles. The van der Waals surface area contributed by atoms with E-state index in [1.807, 2.05) is 6.92 Å². The van der Waals surface area contributed by atoms with Gasteiger partial charge in [0, 0.05) is 19.7 Å². The maximum absolute atomic E-state index is 12.0. The van der Waals surface area contributed by atoms with Crippen LogP contribution in [0.3, 0.4) is 0 Å². The molecule has 0 radical (unpaired) electrons. The monoisotopic (exact) mass is 292 g/mol. The van der Waals surface area contributed by atoms with Crippen molar-refractivity contribution in [3.8, 4) is 0 Å². The summed E-state index contributed by atoms with van der Waals surface area (Å²) in [5.74, 6) is 0.424. The number of nitrogens with zero attached hydrogens (tertiary/aromatic N) is 4. The van der Waals surface area contributed by atoms with Gasteiger partial charge in [-0.1, -0.05) is 12.1 Å². The van der Waals surface area contributed by atoms with Crippen LogP contribution in [0.2, 0.25) is 0 Å². The van der Waals surface area contributed by atoms with Gasteiger partial charge in [0.05, 0.1) is 5.56 Å². The smallest absolute Gasteiger partial charge is 0.331 e. The number of carbonyl (C=O) groups excluding carboxylic acids is 1. The number of hydrogen-bond acceptors (Lipinski definition) is 6. The zero-order chi connectivity index (χ0) is 15.6. The number of Topliss-reactive ketones (excluding diaryl/α,β-unsaturated/α-hetero) is 1. The van der Waals surface area contributed by atoms with Gasteiger partial charge in [-0.2, -0.15) is 4.98 Å². The quantitative estimate of drug-likeness (QED) is 0.726. The maximum atomic E-state index is 12.0. The predicted octanol–water partition coefficient (Wildman–Crippen LogP) is 0.133. The van der Waals surface area contributed by atoms with Gasteiger partial charge in [-0.15, -0.1) is 0 Å². The second kappa shape index (κ2) is 5.86. The van der Waals surface area contributed by atoms with Gasteiger partial charge in [0.2, 0.25) is 5.89 Å². The lowest BCUT2D eigenvalue weighted by Crippen LogP contribution is -2.40. The van der Waals surface area contributed by atoms with Gasteiger partial charge in [-0.25, -0.2) is 4.79 Å². The van der Waals surface area contributed by atoms with E-state index in [-0.39, 0.29) is 18.0 Å². The Bertz CT molecular complexity index is 784. The minimum absolute atomic E-state index is 0.0178. The molecule has 0 unspecified atom stereocenters. The average Bonchev–Trinajstić information content (AvgIpc) is 2.87. The van der Waals surface area contributed by atoms with Crippen LogP contribution < -0.4 is 11.2 Å². The molecule has 0 aromatic carbocycles. The summed E-state index contributed by atoms with van der Waals surface area (Å²) in [7, 11) is 1.32. The molecule has 0 aliphatic carbocycles. The molecule has 8 heteroatoms. The number of ketones is 1. The molecular formula is C13H16N4O4. The van der Waals surface area contributed by atoms with Crippen LogP contribution in [0, 0.1) is 0 Å². The summed E-state index contributed by atoms with van der Waals surface area (Å²) in [6, 6.07) is 0. The third kappa shape index (κ3) is 2.99. The molecule has 2 heterocycles. The Morgan fingerprint density at radius 3 is 2.71 bits per heavy atom. The highest BCUT2D eigenvalue weighted by Gasteiger charge is 2.14. The molecule has 0 bridgehead atoms. The Kier molecular flexibility index (Phi) is 4.15. The van der Waals surface area contributed by atoms with E-state index >= 15 is 0 Å². The second-order valence-corrected chi connectivity index (χ2v) is 4.73. The SMILES string of the molecule is CCCc1noc(Cn2cc(C(C)=O)c(=O)n(C)c2=O)n1.